The molecule has 1 saturated heterocycles. The molecule has 1 aliphatic heterocycles. The first-order valence-corrected chi connectivity index (χ1v) is 18.2. The average Bonchev–Trinajstić information content (AvgIpc) is 3.18. The molecule has 1 heterocycles. The second-order valence-electron chi connectivity index (χ2n) is 12.1. The fraction of sp³-hybridized carbons (Fsp3) is 0.350. The Morgan fingerprint density at radius 3 is 1.50 bits per heavy atom. The van der Waals surface area contributed by atoms with E-state index in [0.717, 1.165) is 22.3 Å². The van der Waals surface area contributed by atoms with Gasteiger partial charge in [0.15, 0.2) is 6.29 Å². The Morgan fingerprint density at radius 2 is 1.06 bits per heavy atom. The largest absolute Gasteiger partial charge is 0.497 e. The molecule has 278 valence electrons. The molecule has 0 spiro atoms. The average molecular weight is 735 g/mol. The van der Waals surface area contributed by atoms with Crippen molar-refractivity contribution >= 4 is 10.1 Å². The summed E-state index contributed by atoms with van der Waals surface area (Å²) in [5, 5.41) is 0. The van der Waals surface area contributed by atoms with E-state index in [4.69, 9.17) is 42.1 Å². The Hall–Kier alpha value is -4.27. The quantitative estimate of drug-likeness (QED) is 0.0786. The van der Waals surface area contributed by atoms with Gasteiger partial charge in [-0.15, -0.1) is 6.58 Å². The van der Waals surface area contributed by atoms with E-state index in [-0.39, 0.29) is 37.9 Å². The van der Waals surface area contributed by atoms with Gasteiger partial charge in [0.2, 0.25) is 0 Å². The van der Waals surface area contributed by atoms with E-state index in [9.17, 15) is 8.42 Å². The van der Waals surface area contributed by atoms with Crippen LogP contribution in [0, 0.1) is 6.92 Å². The van der Waals surface area contributed by atoms with Crippen LogP contribution in [0.25, 0.3) is 0 Å². The van der Waals surface area contributed by atoms with E-state index in [1.807, 2.05) is 79.7 Å². The summed E-state index contributed by atoms with van der Waals surface area (Å²) < 4.78 is 80.7. The number of hydrogen-bond donors (Lipinski definition) is 0. The van der Waals surface area contributed by atoms with Crippen LogP contribution >= 0.6 is 0 Å². The maximum absolute atomic E-state index is 13.3. The minimum atomic E-state index is -4.15. The maximum atomic E-state index is 13.3. The Kier molecular flexibility index (Phi) is 14.2. The highest BCUT2D eigenvalue weighted by molar-refractivity contribution is 7.86. The van der Waals surface area contributed by atoms with E-state index in [1.165, 1.54) is 12.1 Å². The molecule has 0 N–H and O–H groups in total. The zero-order chi connectivity index (χ0) is 36.9. The van der Waals surface area contributed by atoms with E-state index in [0.29, 0.717) is 17.2 Å². The van der Waals surface area contributed by atoms with E-state index >= 15 is 0 Å². The van der Waals surface area contributed by atoms with Crippen LogP contribution in [0.2, 0.25) is 0 Å². The molecule has 0 aliphatic carbocycles. The van der Waals surface area contributed by atoms with Gasteiger partial charge in [-0.05, 0) is 72.1 Å². The minimum absolute atomic E-state index is 0.0251. The van der Waals surface area contributed by atoms with Gasteiger partial charge in [-0.1, -0.05) is 60.2 Å². The van der Waals surface area contributed by atoms with Crippen LogP contribution < -0.4 is 14.2 Å². The van der Waals surface area contributed by atoms with Gasteiger partial charge in [-0.25, -0.2) is 0 Å². The van der Waals surface area contributed by atoms with Gasteiger partial charge in [0.05, 0.1) is 59.3 Å². The van der Waals surface area contributed by atoms with Gasteiger partial charge in [0.25, 0.3) is 10.1 Å². The SMILES string of the molecule is C=CCO[C@@H]1O[C@H](COS(=O)(=O)c2ccc(C)cc2)[C@@H](OCc2ccc(OC)cc2)[C@H](OCc2ccc(OC)cc2)[C@H]1OCc1ccc(OC)cc1. The van der Waals surface area contributed by atoms with Gasteiger partial charge in [0.1, 0.15) is 41.7 Å². The molecule has 1 aliphatic rings. The fourth-order valence-corrected chi connectivity index (χ4v) is 6.47. The Bertz CT molecular complexity index is 1780. The summed E-state index contributed by atoms with van der Waals surface area (Å²) >= 11 is 0. The maximum Gasteiger partial charge on any atom is 0.297 e. The molecule has 0 saturated carbocycles. The van der Waals surface area contributed by atoms with Crippen molar-refractivity contribution in [2.75, 3.05) is 34.5 Å². The third-order valence-electron chi connectivity index (χ3n) is 8.47. The van der Waals surface area contributed by atoms with Crippen LogP contribution in [0.15, 0.2) is 115 Å². The molecule has 5 rings (SSSR count). The molecule has 4 aromatic carbocycles. The van der Waals surface area contributed by atoms with Crippen molar-refractivity contribution < 1.29 is 50.5 Å². The molecule has 11 nitrogen and oxygen atoms in total. The van der Waals surface area contributed by atoms with Crippen molar-refractivity contribution in [1.82, 2.24) is 0 Å². The first-order valence-electron chi connectivity index (χ1n) is 16.8. The molecule has 1 fully saturated rings. The number of rotatable bonds is 19. The number of aryl methyl sites for hydroxylation is 1. The predicted octanol–water partition coefficient (Wildman–Crippen LogP) is 6.41. The van der Waals surface area contributed by atoms with E-state index in [1.54, 1.807) is 39.5 Å². The monoisotopic (exact) mass is 734 g/mol. The van der Waals surface area contributed by atoms with Crippen LogP contribution in [0.3, 0.4) is 0 Å². The lowest BCUT2D eigenvalue weighted by atomic mass is 9.98. The number of ether oxygens (including phenoxy) is 8. The van der Waals surface area contributed by atoms with Crippen molar-refractivity contribution in [1.29, 1.82) is 0 Å². The van der Waals surface area contributed by atoms with Gasteiger partial charge in [-0.3, -0.25) is 4.18 Å². The highest BCUT2D eigenvalue weighted by Gasteiger charge is 2.49. The summed E-state index contributed by atoms with van der Waals surface area (Å²) in [5.74, 6) is 2.13. The Morgan fingerprint density at radius 1 is 0.615 bits per heavy atom. The molecule has 0 amide bonds. The molecular weight excluding hydrogens is 688 g/mol. The highest BCUT2D eigenvalue weighted by atomic mass is 32.2. The van der Waals surface area contributed by atoms with Crippen molar-refractivity contribution in [3.05, 3.63) is 132 Å². The van der Waals surface area contributed by atoms with Crippen LogP contribution in [0.4, 0.5) is 0 Å². The van der Waals surface area contributed by atoms with Crippen molar-refractivity contribution in [3.63, 3.8) is 0 Å². The van der Waals surface area contributed by atoms with Crippen molar-refractivity contribution in [2.24, 2.45) is 0 Å². The van der Waals surface area contributed by atoms with Crippen LogP contribution in [0.1, 0.15) is 22.3 Å². The summed E-state index contributed by atoms with van der Waals surface area (Å²) in [7, 11) is 0.656. The third-order valence-corrected chi connectivity index (χ3v) is 9.77. The fourth-order valence-electron chi connectivity index (χ4n) is 5.55. The molecule has 0 unspecified atom stereocenters. The van der Waals surface area contributed by atoms with Crippen molar-refractivity contribution in [2.45, 2.75) is 62.3 Å². The molecule has 0 radical (unpaired) electrons. The Balaban J connectivity index is 1.48. The zero-order valence-electron chi connectivity index (χ0n) is 29.8. The molecule has 52 heavy (non-hydrogen) atoms. The Labute approximate surface area is 306 Å². The molecular formula is C40H46O11S. The first-order chi connectivity index (χ1) is 25.2. The predicted molar refractivity (Wildman–Crippen MR) is 194 cm³/mol. The van der Waals surface area contributed by atoms with Gasteiger partial charge in [-0.2, -0.15) is 8.42 Å². The molecule has 0 aromatic heterocycles. The number of hydrogen-bond acceptors (Lipinski definition) is 11. The van der Waals surface area contributed by atoms with Gasteiger partial charge in [0, 0.05) is 0 Å². The van der Waals surface area contributed by atoms with Crippen LogP contribution in [0.5, 0.6) is 17.2 Å². The molecule has 5 atom stereocenters. The second-order valence-corrected chi connectivity index (χ2v) is 13.7. The lowest BCUT2D eigenvalue weighted by Crippen LogP contribution is -2.61. The lowest BCUT2D eigenvalue weighted by molar-refractivity contribution is -0.323. The second kappa shape index (κ2) is 19.0. The number of benzene rings is 4. The standard InChI is InChI=1S/C40H46O11S/c1-6-23-46-40-39(49-26-31-13-19-34(45-5)20-14-31)38(48-25-30-11-17-33(44-4)18-12-30)37(47-24-29-9-15-32(43-3)16-10-29)36(51-40)27-50-52(41,42)35-21-7-28(2)8-22-35/h6-22,36-40H,1,23-27H2,2-5H3/t36-,37-,38+,39-,40-/m1/s1. The summed E-state index contributed by atoms with van der Waals surface area (Å²) in [6, 6.07) is 28.9. The van der Waals surface area contributed by atoms with Crippen LogP contribution in [-0.4, -0.2) is 73.7 Å². The minimum Gasteiger partial charge on any atom is -0.497 e. The van der Waals surface area contributed by atoms with Gasteiger partial charge < -0.3 is 37.9 Å². The normalized spacial score (nSPS) is 20.3. The number of methoxy groups -OCH3 is 3. The highest BCUT2D eigenvalue weighted by Crippen LogP contribution is 2.32. The molecule has 4 aromatic rings. The van der Waals surface area contributed by atoms with Gasteiger partial charge >= 0.3 is 0 Å². The summed E-state index contributed by atoms with van der Waals surface area (Å²) in [4.78, 5) is 0.0251. The molecule has 12 heteroatoms. The first kappa shape index (κ1) is 38.9. The topological polar surface area (TPSA) is 117 Å². The summed E-state index contributed by atoms with van der Waals surface area (Å²) in [6.07, 6.45) is -2.90. The summed E-state index contributed by atoms with van der Waals surface area (Å²) in [6.45, 7) is 5.91. The zero-order valence-corrected chi connectivity index (χ0v) is 30.7. The molecule has 0 bridgehead atoms. The smallest absolute Gasteiger partial charge is 0.297 e. The third kappa shape index (κ3) is 10.6. The van der Waals surface area contributed by atoms with E-state index in [2.05, 4.69) is 6.58 Å². The van der Waals surface area contributed by atoms with Crippen LogP contribution in [-0.2, 0) is 57.8 Å². The lowest BCUT2D eigenvalue weighted by Gasteiger charge is -2.45. The van der Waals surface area contributed by atoms with E-state index < -0.39 is 40.8 Å². The van der Waals surface area contributed by atoms with Crippen molar-refractivity contribution in [3.8, 4) is 17.2 Å². The summed E-state index contributed by atoms with van der Waals surface area (Å²) in [5.41, 5.74) is 3.51.